The minimum atomic E-state index is -0.902. The Morgan fingerprint density at radius 1 is 1.44 bits per heavy atom. The van der Waals surface area contributed by atoms with E-state index in [-0.39, 0.29) is 5.97 Å². The lowest BCUT2D eigenvalue weighted by molar-refractivity contribution is -0.147. The predicted octanol–water partition coefficient (Wildman–Crippen LogP) is 1.14. The van der Waals surface area contributed by atoms with Gasteiger partial charge in [0.1, 0.15) is 5.54 Å². The first-order valence-electron chi connectivity index (χ1n) is 6.05. The van der Waals surface area contributed by atoms with Crippen LogP contribution >= 0.6 is 0 Å². The molecule has 4 heteroatoms. The average Bonchev–Trinajstić information content (AvgIpc) is 2.28. The smallest absolute Gasteiger partial charge is 0.326 e. The zero-order valence-electron chi connectivity index (χ0n) is 10.7. The summed E-state index contributed by atoms with van der Waals surface area (Å²) >= 11 is 0. The van der Waals surface area contributed by atoms with Crippen molar-refractivity contribution in [3.63, 3.8) is 0 Å². The number of hydrogen-bond acceptors (Lipinski definition) is 4. The Labute approximate surface area is 98.1 Å². The Morgan fingerprint density at radius 2 is 2.00 bits per heavy atom. The lowest BCUT2D eigenvalue weighted by atomic mass is 9.93. The molecule has 2 N–H and O–H groups in total. The molecular formula is C12H24N2O2. The number of carbonyl (C=O) groups is 1. The Morgan fingerprint density at radius 3 is 2.50 bits per heavy atom. The summed E-state index contributed by atoms with van der Waals surface area (Å²) in [6, 6.07) is 0.571. The van der Waals surface area contributed by atoms with Gasteiger partial charge in [-0.1, -0.05) is 19.3 Å². The van der Waals surface area contributed by atoms with E-state index in [0.29, 0.717) is 12.6 Å². The molecule has 0 amide bonds. The normalized spacial score (nSPS) is 21.8. The summed E-state index contributed by atoms with van der Waals surface area (Å²) in [6.07, 6.45) is 6.34. The summed E-state index contributed by atoms with van der Waals surface area (Å²) in [5.41, 5.74) is 5.06. The number of carbonyl (C=O) groups excluding carboxylic acids is 1. The first-order valence-corrected chi connectivity index (χ1v) is 6.05. The number of nitrogens with zero attached hydrogens (tertiary/aromatic N) is 1. The highest BCUT2D eigenvalue weighted by Gasteiger charge is 2.33. The van der Waals surface area contributed by atoms with Gasteiger partial charge in [0, 0.05) is 12.6 Å². The van der Waals surface area contributed by atoms with Crippen molar-refractivity contribution in [1.82, 2.24) is 4.90 Å². The molecule has 1 atom stereocenters. The maximum absolute atomic E-state index is 11.5. The molecule has 0 spiro atoms. The van der Waals surface area contributed by atoms with Crippen LogP contribution < -0.4 is 5.73 Å². The number of methoxy groups -OCH3 is 1. The van der Waals surface area contributed by atoms with Gasteiger partial charge >= 0.3 is 5.97 Å². The molecule has 0 saturated heterocycles. The molecule has 0 aliphatic heterocycles. The zero-order chi connectivity index (χ0) is 12.2. The van der Waals surface area contributed by atoms with Crippen molar-refractivity contribution in [1.29, 1.82) is 0 Å². The summed E-state index contributed by atoms with van der Waals surface area (Å²) in [5.74, 6) is -0.338. The van der Waals surface area contributed by atoms with E-state index in [1.54, 1.807) is 6.92 Å². The highest BCUT2D eigenvalue weighted by Crippen LogP contribution is 2.22. The second-order valence-electron chi connectivity index (χ2n) is 5.12. The predicted molar refractivity (Wildman–Crippen MR) is 64.1 cm³/mol. The molecule has 0 heterocycles. The van der Waals surface area contributed by atoms with Crippen LogP contribution in [0.15, 0.2) is 0 Å². The van der Waals surface area contributed by atoms with E-state index >= 15 is 0 Å². The summed E-state index contributed by atoms with van der Waals surface area (Å²) in [4.78, 5) is 13.7. The third-order valence-electron chi connectivity index (χ3n) is 3.43. The molecule has 1 unspecified atom stereocenters. The summed E-state index contributed by atoms with van der Waals surface area (Å²) in [5, 5.41) is 0. The Kier molecular flexibility index (Phi) is 4.74. The van der Waals surface area contributed by atoms with E-state index in [9.17, 15) is 4.79 Å². The maximum Gasteiger partial charge on any atom is 0.326 e. The average molecular weight is 228 g/mol. The highest BCUT2D eigenvalue weighted by molar-refractivity contribution is 5.80. The van der Waals surface area contributed by atoms with Gasteiger partial charge in [-0.25, -0.2) is 0 Å². The molecule has 1 saturated carbocycles. The van der Waals surface area contributed by atoms with Crippen molar-refractivity contribution in [2.75, 3.05) is 20.7 Å². The molecule has 4 nitrogen and oxygen atoms in total. The van der Waals surface area contributed by atoms with Crippen LogP contribution in [0.3, 0.4) is 0 Å². The van der Waals surface area contributed by atoms with Gasteiger partial charge in [0.2, 0.25) is 0 Å². The monoisotopic (exact) mass is 228 g/mol. The molecule has 94 valence electrons. The Balaban J connectivity index is 2.48. The Bertz CT molecular complexity index is 235. The van der Waals surface area contributed by atoms with Gasteiger partial charge in [-0.05, 0) is 26.8 Å². The second-order valence-corrected chi connectivity index (χ2v) is 5.12. The van der Waals surface area contributed by atoms with E-state index in [0.717, 1.165) is 0 Å². The lowest BCUT2D eigenvalue weighted by Gasteiger charge is -2.35. The molecule has 0 aromatic rings. The van der Waals surface area contributed by atoms with Crippen LogP contribution in [0.4, 0.5) is 0 Å². The first-order chi connectivity index (χ1) is 7.47. The molecule has 0 aromatic carbocycles. The number of likely N-dealkylation sites (N-methyl/N-ethyl adjacent to an activating group) is 1. The van der Waals surface area contributed by atoms with Gasteiger partial charge in [0.25, 0.3) is 0 Å². The maximum atomic E-state index is 11.5. The molecule has 0 aromatic heterocycles. The van der Waals surface area contributed by atoms with Crippen LogP contribution in [-0.2, 0) is 9.53 Å². The molecular weight excluding hydrogens is 204 g/mol. The lowest BCUT2D eigenvalue weighted by Crippen LogP contribution is -2.55. The number of ether oxygens (including phenoxy) is 1. The SMILES string of the molecule is COC(=O)C(C)(N)CN(C)C1CCCCC1. The number of hydrogen-bond donors (Lipinski definition) is 1. The Hall–Kier alpha value is -0.610. The van der Waals surface area contributed by atoms with E-state index in [1.807, 2.05) is 7.05 Å². The van der Waals surface area contributed by atoms with Crippen molar-refractivity contribution in [2.24, 2.45) is 5.73 Å². The topological polar surface area (TPSA) is 55.6 Å². The van der Waals surface area contributed by atoms with E-state index in [1.165, 1.54) is 39.2 Å². The van der Waals surface area contributed by atoms with E-state index in [4.69, 9.17) is 10.5 Å². The van der Waals surface area contributed by atoms with Gasteiger partial charge in [-0.2, -0.15) is 0 Å². The van der Waals surface area contributed by atoms with Crippen molar-refractivity contribution in [3.05, 3.63) is 0 Å². The van der Waals surface area contributed by atoms with Gasteiger partial charge < -0.3 is 15.4 Å². The summed E-state index contributed by atoms with van der Waals surface area (Å²) in [6.45, 7) is 2.29. The number of esters is 1. The summed E-state index contributed by atoms with van der Waals surface area (Å²) < 4.78 is 4.71. The minimum Gasteiger partial charge on any atom is -0.468 e. The molecule has 0 radical (unpaired) electrons. The zero-order valence-corrected chi connectivity index (χ0v) is 10.7. The van der Waals surface area contributed by atoms with Crippen molar-refractivity contribution in [3.8, 4) is 0 Å². The fourth-order valence-corrected chi connectivity index (χ4v) is 2.47. The van der Waals surface area contributed by atoms with E-state index < -0.39 is 5.54 Å². The molecule has 0 bridgehead atoms. The first kappa shape index (κ1) is 13.5. The highest BCUT2D eigenvalue weighted by atomic mass is 16.5. The summed E-state index contributed by atoms with van der Waals surface area (Å²) in [7, 11) is 3.43. The molecule has 1 aliphatic carbocycles. The van der Waals surface area contributed by atoms with Crippen LogP contribution in [0, 0.1) is 0 Å². The van der Waals surface area contributed by atoms with Gasteiger partial charge in [0.15, 0.2) is 0 Å². The van der Waals surface area contributed by atoms with Crippen molar-refractivity contribution >= 4 is 5.97 Å². The van der Waals surface area contributed by atoms with Gasteiger partial charge in [-0.15, -0.1) is 0 Å². The quantitative estimate of drug-likeness (QED) is 0.733. The van der Waals surface area contributed by atoms with Crippen LogP contribution in [0.25, 0.3) is 0 Å². The number of rotatable bonds is 4. The molecule has 1 rings (SSSR count). The van der Waals surface area contributed by atoms with Gasteiger partial charge in [0.05, 0.1) is 7.11 Å². The van der Waals surface area contributed by atoms with Crippen molar-refractivity contribution in [2.45, 2.75) is 50.6 Å². The van der Waals surface area contributed by atoms with Gasteiger partial charge in [-0.3, -0.25) is 4.79 Å². The van der Waals surface area contributed by atoms with Crippen LogP contribution in [0.1, 0.15) is 39.0 Å². The molecule has 1 aliphatic rings. The largest absolute Gasteiger partial charge is 0.468 e. The van der Waals surface area contributed by atoms with Crippen LogP contribution in [0.5, 0.6) is 0 Å². The molecule has 1 fully saturated rings. The molecule has 16 heavy (non-hydrogen) atoms. The number of nitrogens with two attached hydrogens (primary N) is 1. The third-order valence-corrected chi connectivity index (χ3v) is 3.43. The standard InChI is InChI=1S/C12H24N2O2/c1-12(13,11(15)16-3)9-14(2)10-7-5-4-6-8-10/h10H,4-9,13H2,1-3H3. The van der Waals surface area contributed by atoms with E-state index in [2.05, 4.69) is 4.90 Å². The van der Waals surface area contributed by atoms with Crippen molar-refractivity contribution < 1.29 is 9.53 Å². The van der Waals surface area contributed by atoms with Crippen LogP contribution in [0.2, 0.25) is 0 Å². The fourth-order valence-electron chi connectivity index (χ4n) is 2.47. The van der Waals surface area contributed by atoms with Crippen LogP contribution in [-0.4, -0.2) is 43.2 Å². The third kappa shape index (κ3) is 3.46. The second kappa shape index (κ2) is 5.64. The minimum absolute atomic E-state index is 0.338. The fraction of sp³-hybridized carbons (Fsp3) is 0.917.